The van der Waals surface area contributed by atoms with Gasteiger partial charge in [-0.2, -0.15) is 0 Å². The molecule has 0 aliphatic rings. The molecule has 0 aromatic carbocycles. The van der Waals surface area contributed by atoms with Gasteiger partial charge in [0.25, 0.3) is 0 Å². The number of hydrogen-bond acceptors (Lipinski definition) is 2. The minimum absolute atomic E-state index is 0.194. The maximum atomic E-state index is 10.2. The number of allylic oxidation sites excluding steroid dienone is 4. The highest BCUT2D eigenvalue weighted by molar-refractivity contribution is 6.74. The first kappa shape index (κ1) is 29.6. The Labute approximate surface area is 190 Å². The van der Waals surface area contributed by atoms with Gasteiger partial charge in [-0.3, -0.25) is 0 Å². The Morgan fingerprint density at radius 2 is 1.30 bits per heavy atom. The largest absolute Gasteiger partial charge is 0.417 e. The van der Waals surface area contributed by atoms with Crippen molar-refractivity contribution in [2.75, 3.05) is 6.61 Å². The van der Waals surface area contributed by atoms with Gasteiger partial charge >= 0.3 is 0 Å². The van der Waals surface area contributed by atoms with Gasteiger partial charge in [0.15, 0.2) is 8.32 Å². The minimum atomic E-state index is -1.67. The molecular formula is C27H54O2Si. The molecule has 0 aromatic heterocycles. The molecule has 178 valence electrons. The SMILES string of the molecule is CCCCCC=CCC=CCCCCCCCCC(O)CCO[Si](C)(C)C(C)(C)C. The van der Waals surface area contributed by atoms with Gasteiger partial charge < -0.3 is 9.53 Å². The summed E-state index contributed by atoms with van der Waals surface area (Å²) in [5.74, 6) is 0. The Hall–Kier alpha value is -0.383. The second-order valence-corrected chi connectivity index (χ2v) is 15.2. The Morgan fingerprint density at radius 3 is 1.87 bits per heavy atom. The van der Waals surface area contributed by atoms with Crippen molar-refractivity contribution in [1.82, 2.24) is 0 Å². The van der Waals surface area contributed by atoms with Gasteiger partial charge in [0.1, 0.15) is 0 Å². The molecule has 1 unspecified atom stereocenters. The molecule has 0 aromatic rings. The van der Waals surface area contributed by atoms with Gasteiger partial charge in [-0.25, -0.2) is 0 Å². The van der Waals surface area contributed by atoms with Gasteiger partial charge in [0, 0.05) is 6.61 Å². The number of aliphatic hydroxyl groups is 1. The Balaban J connectivity index is 3.46. The third-order valence-electron chi connectivity index (χ3n) is 6.46. The fourth-order valence-electron chi connectivity index (χ4n) is 3.18. The van der Waals surface area contributed by atoms with E-state index in [9.17, 15) is 5.11 Å². The van der Waals surface area contributed by atoms with Gasteiger partial charge in [-0.05, 0) is 63.1 Å². The monoisotopic (exact) mass is 438 g/mol. The predicted molar refractivity (Wildman–Crippen MR) is 138 cm³/mol. The molecule has 0 aliphatic heterocycles. The smallest absolute Gasteiger partial charge is 0.191 e. The molecule has 0 bridgehead atoms. The molecule has 0 heterocycles. The lowest BCUT2D eigenvalue weighted by atomic mass is 10.0. The average molecular weight is 439 g/mol. The summed E-state index contributed by atoms with van der Waals surface area (Å²) in [6.07, 6.45) is 26.0. The van der Waals surface area contributed by atoms with Crippen LogP contribution in [-0.4, -0.2) is 26.1 Å². The van der Waals surface area contributed by atoms with Crippen molar-refractivity contribution >= 4 is 8.32 Å². The molecule has 1 N–H and O–H groups in total. The number of aliphatic hydroxyl groups excluding tert-OH is 1. The molecule has 30 heavy (non-hydrogen) atoms. The van der Waals surface area contributed by atoms with Crippen LogP contribution in [0.3, 0.4) is 0 Å². The van der Waals surface area contributed by atoms with Gasteiger partial charge in [-0.15, -0.1) is 0 Å². The summed E-state index contributed by atoms with van der Waals surface area (Å²) in [5, 5.41) is 10.4. The summed E-state index contributed by atoms with van der Waals surface area (Å²) in [6.45, 7) is 14.3. The van der Waals surface area contributed by atoms with Gasteiger partial charge in [0.05, 0.1) is 6.10 Å². The van der Waals surface area contributed by atoms with Crippen LogP contribution in [0.2, 0.25) is 18.1 Å². The zero-order chi connectivity index (χ0) is 22.7. The van der Waals surface area contributed by atoms with Crippen molar-refractivity contribution < 1.29 is 9.53 Å². The normalized spacial score (nSPS) is 14.2. The van der Waals surface area contributed by atoms with E-state index in [-0.39, 0.29) is 11.1 Å². The summed E-state index contributed by atoms with van der Waals surface area (Å²) in [5.41, 5.74) is 0. The lowest BCUT2D eigenvalue weighted by Gasteiger charge is -2.36. The third kappa shape index (κ3) is 17.3. The molecule has 0 rings (SSSR count). The summed E-state index contributed by atoms with van der Waals surface area (Å²) in [4.78, 5) is 0. The Morgan fingerprint density at radius 1 is 0.767 bits per heavy atom. The van der Waals surface area contributed by atoms with Crippen LogP contribution in [0.4, 0.5) is 0 Å². The molecule has 0 aliphatic carbocycles. The summed E-state index contributed by atoms with van der Waals surface area (Å²) < 4.78 is 6.17. The molecule has 2 nitrogen and oxygen atoms in total. The van der Waals surface area contributed by atoms with E-state index in [2.05, 4.69) is 65.1 Å². The van der Waals surface area contributed by atoms with E-state index in [4.69, 9.17) is 4.43 Å². The van der Waals surface area contributed by atoms with E-state index in [1.807, 2.05) is 0 Å². The number of hydrogen-bond donors (Lipinski definition) is 1. The highest BCUT2D eigenvalue weighted by atomic mass is 28.4. The van der Waals surface area contributed by atoms with E-state index in [1.165, 1.54) is 64.2 Å². The first-order chi connectivity index (χ1) is 14.2. The van der Waals surface area contributed by atoms with Crippen molar-refractivity contribution in [2.45, 2.75) is 142 Å². The quantitative estimate of drug-likeness (QED) is 0.124. The Bertz CT molecular complexity index is 435. The van der Waals surface area contributed by atoms with Gasteiger partial charge in [-0.1, -0.05) is 96.9 Å². The second-order valence-electron chi connectivity index (χ2n) is 10.4. The average Bonchev–Trinajstić information content (AvgIpc) is 2.66. The molecule has 0 spiro atoms. The third-order valence-corrected chi connectivity index (χ3v) is 11.0. The molecule has 0 saturated heterocycles. The van der Waals surface area contributed by atoms with Crippen LogP contribution in [0, 0.1) is 0 Å². The lowest BCUT2D eigenvalue weighted by Crippen LogP contribution is -2.41. The first-order valence-electron chi connectivity index (χ1n) is 12.8. The Kier molecular flexibility index (Phi) is 18.0. The zero-order valence-electron chi connectivity index (χ0n) is 21.3. The number of unbranched alkanes of at least 4 members (excludes halogenated alkanes) is 9. The van der Waals surface area contributed by atoms with Crippen LogP contribution in [0.1, 0.15) is 118 Å². The van der Waals surface area contributed by atoms with E-state index in [1.54, 1.807) is 0 Å². The lowest BCUT2D eigenvalue weighted by molar-refractivity contribution is 0.124. The van der Waals surface area contributed by atoms with Crippen LogP contribution in [-0.2, 0) is 4.43 Å². The van der Waals surface area contributed by atoms with Crippen molar-refractivity contribution in [2.24, 2.45) is 0 Å². The molecule has 0 saturated carbocycles. The summed E-state index contributed by atoms with van der Waals surface area (Å²) in [7, 11) is -1.67. The van der Waals surface area contributed by atoms with Gasteiger partial charge in [0.2, 0.25) is 0 Å². The highest BCUT2D eigenvalue weighted by Crippen LogP contribution is 2.36. The minimum Gasteiger partial charge on any atom is -0.417 e. The zero-order valence-corrected chi connectivity index (χ0v) is 22.3. The first-order valence-corrected chi connectivity index (χ1v) is 15.7. The van der Waals surface area contributed by atoms with Crippen LogP contribution >= 0.6 is 0 Å². The highest BCUT2D eigenvalue weighted by Gasteiger charge is 2.36. The standard InChI is InChI=1S/C27H54O2Si/c1-7-8-9-10-11-12-13-14-15-16-17-18-19-20-21-22-23-26(28)24-25-29-30(5,6)27(2,3)4/h11-12,14-15,26,28H,7-10,13,16-25H2,1-6H3. The molecule has 3 heteroatoms. The van der Waals surface area contributed by atoms with E-state index >= 15 is 0 Å². The number of rotatable bonds is 19. The maximum Gasteiger partial charge on any atom is 0.191 e. The van der Waals surface area contributed by atoms with Crippen LogP contribution < -0.4 is 0 Å². The molecule has 0 radical (unpaired) electrons. The topological polar surface area (TPSA) is 29.5 Å². The predicted octanol–water partition coefficient (Wildman–Crippen LogP) is 8.96. The van der Waals surface area contributed by atoms with E-state index in [0.717, 1.165) is 25.7 Å². The fraction of sp³-hybridized carbons (Fsp3) is 0.852. The van der Waals surface area contributed by atoms with Crippen molar-refractivity contribution in [1.29, 1.82) is 0 Å². The maximum absolute atomic E-state index is 10.2. The van der Waals surface area contributed by atoms with Crippen LogP contribution in [0.15, 0.2) is 24.3 Å². The van der Waals surface area contributed by atoms with E-state index < -0.39 is 8.32 Å². The fourth-order valence-corrected chi connectivity index (χ4v) is 4.24. The van der Waals surface area contributed by atoms with Crippen molar-refractivity contribution in [3.8, 4) is 0 Å². The molecular weight excluding hydrogens is 384 g/mol. The molecule has 1 atom stereocenters. The van der Waals surface area contributed by atoms with Crippen molar-refractivity contribution in [3.05, 3.63) is 24.3 Å². The van der Waals surface area contributed by atoms with Crippen LogP contribution in [0.25, 0.3) is 0 Å². The van der Waals surface area contributed by atoms with Crippen LogP contribution in [0.5, 0.6) is 0 Å². The van der Waals surface area contributed by atoms with E-state index in [0.29, 0.717) is 6.61 Å². The summed E-state index contributed by atoms with van der Waals surface area (Å²) >= 11 is 0. The molecule has 0 amide bonds. The summed E-state index contributed by atoms with van der Waals surface area (Å²) in [6, 6.07) is 0. The molecule has 0 fully saturated rings. The second kappa shape index (κ2) is 18.2. The van der Waals surface area contributed by atoms with Crippen molar-refractivity contribution in [3.63, 3.8) is 0 Å².